The standard InChI is InChI=1S/C19H19ClN2O2/c1-9-2-3-10(6-15(9)20)21-8-22-18(23)16-11-4-5-12(14-7-13(11)14)17(16)19(22)24/h2-6,11-14,16-17,21H,7-8H2,1H3/t11-,12-,13-,14+,16-,17-/m1/s1. The lowest BCUT2D eigenvalue weighted by Crippen LogP contribution is -2.40. The van der Waals surface area contributed by atoms with Crippen LogP contribution in [0.2, 0.25) is 5.02 Å². The SMILES string of the molecule is Cc1ccc(NCN2C(=O)[C@@H]3[C@@H]4C=C[C@H]([C@@H]5C[C@H]45)[C@H]3C2=O)cc1Cl. The zero-order valence-corrected chi connectivity index (χ0v) is 14.2. The van der Waals surface area contributed by atoms with Crippen LogP contribution in [-0.2, 0) is 9.59 Å². The van der Waals surface area contributed by atoms with Crippen LogP contribution in [0.1, 0.15) is 12.0 Å². The lowest BCUT2D eigenvalue weighted by Gasteiger charge is -2.37. The molecule has 2 amide bonds. The second-order valence-electron chi connectivity index (χ2n) is 7.56. The molecule has 1 saturated heterocycles. The molecule has 1 aromatic rings. The van der Waals surface area contributed by atoms with E-state index in [-0.39, 0.29) is 42.2 Å². The molecule has 1 heterocycles. The Morgan fingerprint density at radius 1 is 1.12 bits per heavy atom. The number of carbonyl (C=O) groups is 2. The van der Waals surface area contributed by atoms with E-state index in [2.05, 4.69) is 17.5 Å². The van der Waals surface area contributed by atoms with Crippen LogP contribution in [0.15, 0.2) is 30.4 Å². The van der Waals surface area contributed by atoms with Gasteiger partial charge >= 0.3 is 0 Å². The first-order chi connectivity index (χ1) is 11.6. The zero-order valence-electron chi connectivity index (χ0n) is 13.4. The van der Waals surface area contributed by atoms with Crippen LogP contribution >= 0.6 is 11.6 Å². The van der Waals surface area contributed by atoms with Gasteiger partial charge in [-0.25, -0.2) is 0 Å². The summed E-state index contributed by atoms with van der Waals surface area (Å²) in [4.78, 5) is 27.1. The number of nitrogens with one attached hydrogen (secondary N) is 1. The van der Waals surface area contributed by atoms with Crippen molar-refractivity contribution in [3.63, 3.8) is 0 Å². The number of imide groups is 1. The molecule has 0 unspecified atom stereocenters. The third-order valence-corrected chi connectivity index (χ3v) is 6.77. The molecule has 6 rings (SSSR count). The minimum absolute atomic E-state index is 0.000378. The molecule has 2 bridgehead atoms. The van der Waals surface area contributed by atoms with E-state index in [1.807, 2.05) is 25.1 Å². The Kier molecular flexibility index (Phi) is 2.94. The lowest BCUT2D eigenvalue weighted by atomic mass is 9.63. The maximum Gasteiger partial charge on any atom is 0.235 e. The molecular formula is C19H19ClN2O2. The summed E-state index contributed by atoms with van der Waals surface area (Å²) in [7, 11) is 0. The van der Waals surface area contributed by atoms with Crippen molar-refractivity contribution in [2.75, 3.05) is 12.0 Å². The molecule has 0 spiro atoms. The molecule has 0 radical (unpaired) electrons. The highest BCUT2D eigenvalue weighted by molar-refractivity contribution is 6.31. The van der Waals surface area contributed by atoms with Gasteiger partial charge in [-0.15, -0.1) is 0 Å². The number of rotatable bonds is 3. The number of amides is 2. The minimum Gasteiger partial charge on any atom is -0.367 e. The number of carbonyl (C=O) groups excluding carboxylic acids is 2. The van der Waals surface area contributed by atoms with E-state index in [1.54, 1.807) is 0 Å². The Labute approximate surface area is 145 Å². The van der Waals surface area contributed by atoms with Gasteiger partial charge in [-0.3, -0.25) is 14.5 Å². The van der Waals surface area contributed by atoms with Gasteiger partial charge in [0.25, 0.3) is 0 Å². The summed E-state index contributed by atoms with van der Waals surface area (Å²) >= 11 is 6.14. The highest BCUT2D eigenvalue weighted by Gasteiger charge is 2.66. The first kappa shape index (κ1) is 14.5. The van der Waals surface area contributed by atoms with Crippen molar-refractivity contribution >= 4 is 29.1 Å². The minimum atomic E-state index is -0.125. The summed E-state index contributed by atoms with van der Waals surface area (Å²) in [5.41, 5.74) is 1.83. The maximum absolute atomic E-state index is 12.9. The fourth-order valence-electron chi connectivity index (χ4n) is 5.05. The Bertz CT molecular complexity index is 754. The summed E-state index contributed by atoms with van der Waals surface area (Å²) in [5, 5.41) is 3.85. The van der Waals surface area contributed by atoms with Gasteiger partial charge in [0.15, 0.2) is 0 Å². The third kappa shape index (κ3) is 1.86. The number of likely N-dealkylation sites (tertiary alicyclic amines) is 1. The number of hydrogen-bond acceptors (Lipinski definition) is 3. The van der Waals surface area contributed by atoms with Gasteiger partial charge in [0, 0.05) is 10.7 Å². The molecule has 2 saturated carbocycles. The molecule has 1 aromatic carbocycles. The van der Waals surface area contributed by atoms with Crippen LogP contribution in [-0.4, -0.2) is 23.4 Å². The van der Waals surface area contributed by atoms with Crippen molar-refractivity contribution in [1.82, 2.24) is 4.90 Å². The summed E-state index contributed by atoms with van der Waals surface area (Å²) in [6.45, 7) is 2.16. The average Bonchev–Trinajstić information content (AvgIpc) is 3.35. The van der Waals surface area contributed by atoms with Crippen molar-refractivity contribution in [1.29, 1.82) is 0 Å². The van der Waals surface area contributed by atoms with Gasteiger partial charge in [-0.2, -0.15) is 0 Å². The maximum atomic E-state index is 12.9. The molecule has 1 aliphatic heterocycles. The topological polar surface area (TPSA) is 49.4 Å². The molecule has 4 nitrogen and oxygen atoms in total. The van der Waals surface area contributed by atoms with E-state index in [1.165, 1.54) is 11.3 Å². The monoisotopic (exact) mass is 342 g/mol. The number of hydrogen-bond donors (Lipinski definition) is 1. The Hall–Kier alpha value is -1.81. The molecule has 4 aliphatic carbocycles. The molecule has 5 heteroatoms. The van der Waals surface area contributed by atoms with Gasteiger partial charge in [-0.1, -0.05) is 29.8 Å². The Morgan fingerprint density at radius 3 is 2.33 bits per heavy atom. The van der Waals surface area contributed by atoms with Crippen LogP contribution < -0.4 is 5.32 Å². The number of halogens is 1. The van der Waals surface area contributed by atoms with Gasteiger partial charge in [0.05, 0.1) is 18.5 Å². The van der Waals surface area contributed by atoms with Crippen molar-refractivity contribution in [3.8, 4) is 0 Å². The first-order valence-electron chi connectivity index (χ1n) is 8.60. The van der Waals surface area contributed by atoms with Gasteiger partial charge in [0.1, 0.15) is 0 Å². The number of anilines is 1. The van der Waals surface area contributed by atoms with Crippen molar-refractivity contribution < 1.29 is 9.59 Å². The van der Waals surface area contributed by atoms with E-state index in [0.29, 0.717) is 16.9 Å². The highest BCUT2D eigenvalue weighted by atomic mass is 35.5. The molecule has 3 fully saturated rings. The fraction of sp³-hybridized carbons (Fsp3) is 0.474. The van der Waals surface area contributed by atoms with E-state index in [9.17, 15) is 9.59 Å². The highest BCUT2D eigenvalue weighted by Crippen LogP contribution is 2.65. The lowest BCUT2D eigenvalue weighted by molar-refractivity contribution is -0.139. The molecule has 6 atom stereocenters. The van der Waals surface area contributed by atoms with Crippen LogP contribution in [0.3, 0.4) is 0 Å². The molecular weight excluding hydrogens is 324 g/mol. The summed E-state index contributed by atoms with van der Waals surface area (Å²) in [6.07, 6.45) is 5.58. The van der Waals surface area contributed by atoms with Crippen LogP contribution in [0.25, 0.3) is 0 Å². The van der Waals surface area contributed by atoms with Crippen molar-refractivity contribution in [2.45, 2.75) is 13.3 Å². The molecule has 24 heavy (non-hydrogen) atoms. The van der Waals surface area contributed by atoms with E-state index in [4.69, 9.17) is 11.6 Å². The van der Waals surface area contributed by atoms with Crippen molar-refractivity contribution in [2.24, 2.45) is 35.5 Å². The largest absolute Gasteiger partial charge is 0.367 e. The first-order valence-corrected chi connectivity index (χ1v) is 8.97. The van der Waals surface area contributed by atoms with E-state index < -0.39 is 0 Å². The molecule has 5 aliphatic rings. The Balaban J connectivity index is 1.36. The summed E-state index contributed by atoms with van der Waals surface area (Å²) in [6, 6.07) is 5.67. The second-order valence-corrected chi connectivity index (χ2v) is 7.97. The van der Waals surface area contributed by atoms with Crippen LogP contribution in [0, 0.1) is 42.4 Å². The average molecular weight is 343 g/mol. The predicted octanol–water partition coefficient (Wildman–Crippen LogP) is 3.07. The van der Waals surface area contributed by atoms with Gasteiger partial charge < -0.3 is 5.32 Å². The van der Waals surface area contributed by atoms with Crippen LogP contribution in [0.5, 0.6) is 0 Å². The Morgan fingerprint density at radius 2 is 1.75 bits per heavy atom. The summed E-state index contributed by atoms with van der Waals surface area (Å²) in [5.74, 6) is 1.59. The fourth-order valence-corrected chi connectivity index (χ4v) is 5.23. The molecule has 124 valence electrons. The van der Waals surface area contributed by atoms with Crippen molar-refractivity contribution in [3.05, 3.63) is 40.9 Å². The number of benzene rings is 1. The van der Waals surface area contributed by atoms with E-state index in [0.717, 1.165) is 11.3 Å². The molecule has 0 aromatic heterocycles. The smallest absolute Gasteiger partial charge is 0.235 e. The quantitative estimate of drug-likeness (QED) is 0.678. The van der Waals surface area contributed by atoms with E-state index >= 15 is 0 Å². The third-order valence-electron chi connectivity index (χ3n) is 6.37. The molecule has 1 N–H and O–H groups in total. The van der Waals surface area contributed by atoms with Crippen LogP contribution in [0.4, 0.5) is 5.69 Å². The summed E-state index contributed by atoms with van der Waals surface area (Å²) < 4.78 is 0. The number of allylic oxidation sites excluding steroid dienone is 2. The van der Waals surface area contributed by atoms with Gasteiger partial charge in [0.2, 0.25) is 11.8 Å². The predicted molar refractivity (Wildman–Crippen MR) is 91.2 cm³/mol. The van der Waals surface area contributed by atoms with Gasteiger partial charge in [-0.05, 0) is 54.7 Å². The normalized spacial score (nSPS) is 38.3. The second kappa shape index (κ2) is 4.85. The number of nitrogens with zero attached hydrogens (tertiary/aromatic N) is 1. The zero-order chi connectivity index (χ0) is 16.6. The number of aryl methyl sites for hydroxylation is 1.